The zero-order chi connectivity index (χ0) is 27.9. The molecule has 202 valence electrons. The Labute approximate surface area is 236 Å². The first kappa shape index (κ1) is 25.9. The van der Waals surface area contributed by atoms with Gasteiger partial charge in [-0.15, -0.1) is 0 Å². The lowest BCUT2D eigenvalue weighted by Gasteiger charge is -2.33. The number of esters is 1. The van der Waals surface area contributed by atoms with Gasteiger partial charge in [0.25, 0.3) is 0 Å². The Bertz CT molecular complexity index is 1700. The zero-order valence-electron chi connectivity index (χ0n) is 23.6. The molecule has 3 heterocycles. The second-order valence-electron chi connectivity index (χ2n) is 10.2. The average molecular weight is 530 g/mol. The number of hydrogen-bond donors (Lipinski definition) is 0. The lowest BCUT2D eigenvalue weighted by Crippen LogP contribution is -2.33. The highest BCUT2D eigenvalue weighted by atomic mass is 16.6. The quantitative estimate of drug-likeness (QED) is 0.194. The highest BCUT2D eigenvalue weighted by Gasteiger charge is 2.53. The van der Waals surface area contributed by atoms with Gasteiger partial charge in [0.15, 0.2) is 0 Å². The number of rotatable bonds is 8. The number of carbonyl (C=O) groups is 1. The van der Waals surface area contributed by atoms with E-state index in [1.165, 1.54) is 5.69 Å². The molecule has 0 aliphatic carbocycles. The number of aryl methyl sites for hydroxylation is 2. The summed E-state index contributed by atoms with van der Waals surface area (Å²) in [5.41, 5.74) is 7.45. The van der Waals surface area contributed by atoms with Gasteiger partial charge in [0.2, 0.25) is 5.60 Å². The number of ether oxygens (including phenoxy) is 1. The van der Waals surface area contributed by atoms with Crippen LogP contribution in [-0.2, 0) is 23.3 Å². The van der Waals surface area contributed by atoms with Crippen molar-refractivity contribution in [2.75, 3.05) is 18.0 Å². The van der Waals surface area contributed by atoms with Crippen molar-refractivity contribution in [1.29, 1.82) is 0 Å². The van der Waals surface area contributed by atoms with Gasteiger partial charge in [-0.1, -0.05) is 61.5 Å². The first-order valence-electron chi connectivity index (χ1n) is 14.3. The number of fused-ring (bicyclic) bond motifs is 2. The molecule has 0 radical (unpaired) electrons. The third-order valence-electron chi connectivity index (χ3n) is 8.27. The first-order valence-corrected chi connectivity index (χ1v) is 14.3. The van der Waals surface area contributed by atoms with E-state index in [0.717, 1.165) is 64.9 Å². The predicted octanol–water partition coefficient (Wildman–Crippen LogP) is 7.59. The molecule has 6 rings (SSSR count). The first-order chi connectivity index (χ1) is 19.6. The number of cyclic esters (lactones) is 1. The minimum absolute atomic E-state index is 0.342. The van der Waals surface area contributed by atoms with Gasteiger partial charge in [0.1, 0.15) is 5.69 Å². The molecular weight excluding hydrogens is 494 g/mol. The maximum absolute atomic E-state index is 13.7. The van der Waals surface area contributed by atoms with Crippen LogP contribution in [0.3, 0.4) is 0 Å². The normalized spacial score (nSPS) is 16.2. The number of aromatic nitrogens is 2. The molecule has 0 fully saturated rings. The third-order valence-corrected chi connectivity index (χ3v) is 8.27. The Morgan fingerprint density at radius 2 is 1.62 bits per heavy atom. The zero-order valence-corrected chi connectivity index (χ0v) is 23.6. The molecule has 1 aliphatic heterocycles. The van der Waals surface area contributed by atoms with Crippen LogP contribution in [0, 0.1) is 0 Å². The highest BCUT2D eigenvalue weighted by Crippen LogP contribution is 2.53. The minimum atomic E-state index is -1.20. The summed E-state index contributed by atoms with van der Waals surface area (Å²) in [6.45, 7) is 11.3. The number of pyridine rings is 1. The Hall–Kier alpha value is -4.38. The van der Waals surface area contributed by atoms with E-state index in [0.29, 0.717) is 11.3 Å². The fourth-order valence-electron chi connectivity index (χ4n) is 6.47. The molecule has 5 heteroatoms. The monoisotopic (exact) mass is 529 g/mol. The van der Waals surface area contributed by atoms with Crippen LogP contribution in [0.2, 0.25) is 0 Å². The van der Waals surface area contributed by atoms with Crippen LogP contribution in [-0.4, -0.2) is 28.6 Å². The van der Waals surface area contributed by atoms with Crippen LogP contribution in [0.5, 0.6) is 0 Å². The summed E-state index contributed by atoms with van der Waals surface area (Å²) in [7, 11) is 0. The van der Waals surface area contributed by atoms with E-state index in [-0.39, 0.29) is 5.97 Å². The lowest BCUT2D eigenvalue weighted by atomic mass is 9.77. The van der Waals surface area contributed by atoms with Gasteiger partial charge in [-0.2, -0.15) is 0 Å². The molecule has 1 unspecified atom stereocenters. The molecule has 5 aromatic rings. The van der Waals surface area contributed by atoms with Crippen molar-refractivity contribution in [2.45, 2.75) is 46.3 Å². The van der Waals surface area contributed by atoms with E-state index in [1.54, 1.807) is 6.20 Å². The van der Waals surface area contributed by atoms with Crippen molar-refractivity contribution in [3.05, 3.63) is 119 Å². The van der Waals surface area contributed by atoms with Crippen molar-refractivity contribution in [3.63, 3.8) is 0 Å². The number of para-hydroxylation sites is 1. The van der Waals surface area contributed by atoms with E-state index < -0.39 is 5.60 Å². The topological polar surface area (TPSA) is 47.4 Å². The molecule has 0 N–H and O–H groups in total. The smallest absolute Gasteiger partial charge is 0.341 e. The predicted molar refractivity (Wildman–Crippen MR) is 162 cm³/mol. The summed E-state index contributed by atoms with van der Waals surface area (Å²) in [6, 6.07) is 29.1. The Morgan fingerprint density at radius 1 is 0.875 bits per heavy atom. The van der Waals surface area contributed by atoms with E-state index in [2.05, 4.69) is 104 Å². The molecule has 1 atom stereocenters. The van der Waals surface area contributed by atoms with Gasteiger partial charge in [0.05, 0.1) is 11.3 Å². The molecule has 0 bridgehead atoms. The molecule has 2 aromatic heterocycles. The average Bonchev–Trinajstić information content (AvgIpc) is 3.50. The van der Waals surface area contributed by atoms with E-state index in [4.69, 9.17) is 9.72 Å². The molecular formula is C35H35N3O2. The highest BCUT2D eigenvalue weighted by molar-refractivity contribution is 6.00. The van der Waals surface area contributed by atoms with Crippen LogP contribution < -0.4 is 4.90 Å². The molecule has 0 spiro atoms. The SMILES string of the molecule is CCc1cc(N(CC)CC)ccc1C1(c2c(-c3ccccc3)n(CC)c3ccccc23)OC(=O)c2cccnc21. The van der Waals surface area contributed by atoms with Crippen LogP contribution in [0.4, 0.5) is 5.69 Å². The third kappa shape index (κ3) is 3.75. The number of anilines is 1. The fourth-order valence-corrected chi connectivity index (χ4v) is 6.47. The van der Waals surface area contributed by atoms with E-state index >= 15 is 0 Å². The summed E-state index contributed by atoms with van der Waals surface area (Å²) in [5, 5.41) is 1.06. The summed E-state index contributed by atoms with van der Waals surface area (Å²) < 4.78 is 9.03. The lowest BCUT2D eigenvalue weighted by molar-refractivity contribution is 0.0246. The second-order valence-corrected chi connectivity index (χ2v) is 10.2. The van der Waals surface area contributed by atoms with Gasteiger partial charge in [-0.3, -0.25) is 4.98 Å². The van der Waals surface area contributed by atoms with Crippen molar-refractivity contribution in [1.82, 2.24) is 9.55 Å². The molecule has 1 aliphatic rings. The number of nitrogens with zero attached hydrogens (tertiary/aromatic N) is 3. The van der Waals surface area contributed by atoms with Gasteiger partial charge in [0, 0.05) is 53.5 Å². The molecule has 0 amide bonds. The van der Waals surface area contributed by atoms with Gasteiger partial charge in [-0.25, -0.2) is 4.79 Å². The van der Waals surface area contributed by atoms with Crippen LogP contribution in [0.15, 0.2) is 91.1 Å². The largest absolute Gasteiger partial charge is 0.439 e. The molecule has 0 saturated carbocycles. The van der Waals surface area contributed by atoms with Gasteiger partial charge >= 0.3 is 5.97 Å². The van der Waals surface area contributed by atoms with Gasteiger partial charge < -0.3 is 14.2 Å². The van der Waals surface area contributed by atoms with Crippen LogP contribution >= 0.6 is 0 Å². The Balaban J connectivity index is 1.78. The fraction of sp³-hybridized carbons (Fsp3) is 0.257. The van der Waals surface area contributed by atoms with Crippen molar-refractivity contribution in [2.24, 2.45) is 0 Å². The number of benzene rings is 3. The maximum Gasteiger partial charge on any atom is 0.341 e. The van der Waals surface area contributed by atoms with Crippen molar-refractivity contribution < 1.29 is 9.53 Å². The minimum Gasteiger partial charge on any atom is -0.439 e. The number of hydrogen-bond acceptors (Lipinski definition) is 4. The van der Waals surface area contributed by atoms with E-state index in [1.807, 2.05) is 18.2 Å². The van der Waals surface area contributed by atoms with Crippen LogP contribution in [0.1, 0.15) is 60.4 Å². The van der Waals surface area contributed by atoms with Crippen molar-refractivity contribution in [3.8, 4) is 11.3 Å². The molecule has 0 saturated heterocycles. The Morgan fingerprint density at radius 3 is 2.35 bits per heavy atom. The summed E-state index contributed by atoms with van der Waals surface area (Å²) in [6.07, 6.45) is 2.56. The second kappa shape index (κ2) is 10.3. The Kier molecular flexibility index (Phi) is 6.67. The maximum atomic E-state index is 13.7. The number of carbonyl (C=O) groups excluding carboxylic acids is 1. The molecule has 40 heavy (non-hydrogen) atoms. The molecule has 3 aromatic carbocycles. The standard InChI is InChI=1S/C35H35N3O2/c1-5-24-23-26(37(6-2)7-3)20-21-29(24)35(33-28(34(39)40-35)18-14-22-36-33)31-27-17-12-13-19-30(27)38(8-4)32(31)25-15-10-9-11-16-25/h9-23H,5-8H2,1-4H3. The van der Waals surface area contributed by atoms with Crippen LogP contribution in [0.25, 0.3) is 22.2 Å². The van der Waals surface area contributed by atoms with Gasteiger partial charge in [-0.05, 0) is 68.7 Å². The molecule has 5 nitrogen and oxygen atoms in total. The van der Waals surface area contributed by atoms with Crippen molar-refractivity contribution >= 4 is 22.6 Å². The van der Waals surface area contributed by atoms with E-state index in [9.17, 15) is 4.79 Å². The summed E-state index contributed by atoms with van der Waals surface area (Å²) >= 11 is 0. The summed E-state index contributed by atoms with van der Waals surface area (Å²) in [4.78, 5) is 20.9. The summed E-state index contributed by atoms with van der Waals surface area (Å²) in [5.74, 6) is -0.342.